The Morgan fingerprint density at radius 3 is 1.58 bits per heavy atom. The molecule has 2 atom stereocenters. The van der Waals surface area contributed by atoms with Crippen LogP contribution in [0.1, 0.15) is 94.9 Å². The molecule has 11 heteroatoms. The number of ether oxygens (including phenoxy) is 4. The van der Waals surface area contributed by atoms with Crippen molar-refractivity contribution in [2.75, 3.05) is 26.4 Å². The zero-order valence-electron chi connectivity index (χ0n) is 27.5. The van der Waals surface area contributed by atoms with Gasteiger partial charge in [0.1, 0.15) is 26.4 Å². The van der Waals surface area contributed by atoms with Crippen LogP contribution in [-0.2, 0) is 47.4 Å². The van der Waals surface area contributed by atoms with Crippen LogP contribution in [0.25, 0.3) is 0 Å². The summed E-state index contributed by atoms with van der Waals surface area (Å²) in [6, 6.07) is 0. The van der Waals surface area contributed by atoms with Gasteiger partial charge in [0.2, 0.25) is 0 Å². The van der Waals surface area contributed by atoms with Gasteiger partial charge in [0, 0.05) is 50.3 Å². The Bertz CT molecular complexity index is 1110. The molecule has 3 aliphatic rings. The molecular weight excluding hydrogens is 555 g/mol. The van der Waals surface area contributed by atoms with Crippen LogP contribution in [0.15, 0.2) is 22.8 Å². The normalized spacial score (nSPS) is 25.0. The van der Waals surface area contributed by atoms with Crippen LogP contribution in [-0.4, -0.2) is 68.6 Å². The lowest BCUT2D eigenvalue weighted by atomic mass is 9.66. The van der Waals surface area contributed by atoms with Crippen molar-refractivity contribution in [3.8, 4) is 0 Å². The Morgan fingerprint density at radius 1 is 0.767 bits per heavy atom. The number of allylic oxidation sites excluding steroid dienone is 4. The highest BCUT2D eigenvalue weighted by Crippen LogP contribution is 2.58. The van der Waals surface area contributed by atoms with Crippen molar-refractivity contribution in [2.45, 2.75) is 112 Å². The Balaban J connectivity index is 2.09. The van der Waals surface area contributed by atoms with Gasteiger partial charge in [0.15, 0.2) is 0 Å². The van der Waals surface area contributed by atoms with E-state index >= 15 is 0 Å². The van der Waals surface area contributed by atoms with E-state index in [4.69, 9.17) is 28.3 Å². The summed E-state index contributed by atoms with van der Waals surface area (Å²) in [6.07, 6.45) is 4.28. The zero-order valence-corrected chi connectivity index (χ0v) is 27.5. The number of rotatable bonds is 11. The smallest absolute Gasteiger partial charge is 0.465 e. The molecule has 1 aliphatic heterocycles. The van der Waals surface area contributed by atoms with Gasteiger partial charge in [0.25, 0.3) is 0 Å². The molecule has 2 fully saturated rings. The van der Waals surface area contributed by atoms with Crippen molar-refractivity contribution in [1.29, 1.82) is 0 Å². The maximum Gasteiger partial charge on any atom is 0.465 e. The van der Waals surface area contributed by atoms with Crippen molar-refractivity contribution in [1.82, 2.24) is 0 Å². The Hall–Kier alpha value is -2.66. The Labute approximate surface area is 256 Å². The summed E-state index contributed by atoms with van der Waals surface area (Å²) in [5, 5.41) is 0. The summed E-state index contributed by atoms with van der Waals surface area (Å²) in [5.41, 5.74) is 1.07. The van der Waals surface area contributed by atoms with Gasteiger partial charge in [-0.15, -0.1) is 0 Å². The molecule has 43 heavy (non-hydrogen) atoms. The van der Waals surface area contributed by atoms with Crippen molar-refractivity contribution >= 4 is 31.0 Å². The van der Waals surface area contributed by atoms with E-state index in [2.05, 4.69) is 13.0 Å². The van der Waals surface area contributed by atoms with E-state index in [0.29, 0.717) is 25.7 Å². The standard InChI is InChI=1S/C32H49BO10/c1-11-25-12-31(16-38-21(3)34,17-39-22(4)35)14-27(25)28-15-32(18-40-23(5)36,19-41-24(6)37)13-26(28)20(2)33-42-29(7,8)30(9,10)43-33/h11,20,27H,12-19H2,1-10H3/b25-11+/t20-,27+/m1/s1. The lowest BCUT2D eigenvalue weighted by molar-refractivity contribution is -0.153. The zero-order chi connectivity index (χ0) is 32.4. The van der Waals surface area contributed by atoms with Gasteiger partial charge in [-0.3, -0.25) is 19.2 Å². The quantitative estimate of drug-likeness (QED) is 0.136. The second-order valence-corrected chi connectivity index (χ2v) is 13.7. The molecule has 0 aromatic rings. The van der Waals surface area contributed by atoms with E-state index in [1.165, 1.54) is 27.7 Å². The number of hydrogen-bond acceptors (Lipinski definition) is 10. The molecule has 1 saturated carbocycles. The van der Waals surface area contributed by atoms with E-state index in [1.54, 1.807) is 0 Å². The number of esters is 4. The minimum Gasteiger partial charge on any atom is -0.465 e. The van der Waals surface area contributed by atoms with Crippen LogP contribution in [0.3, 0.4) is 0 Å². The van der Waals surface area contributed by atoms with E-state index in [-0.39, 0.29) is 38.2 Å². The predicted octanol–water partition coefficient (Wildman–Crippen LogP) is 5.14. The fourth-order valence-corrected chi connectivity index (χ4v) is 6.52. The van der Waals surface area contributed by atoms with E-state index in [1.807, 2.05) is 34.6 Å². The topological polar surface area (TPSA) is 124 Å². The molecule has 3 rings (SSSR count). The lowest BCUT2D eigenvalue weighted by Crippen LogP contribution is -2.41. The Morgan fingerprint density at radius 2 is 1.19 bits per heavy atom. The maximum atomic E-state index is 11.9. The highest BCUT2D eigenvalue weighted by Gasteiger charge is 2.56. The lowest BCUT2D eigenvalue weighted by Gasteiger charge is -2.32. The molecule has 1 saturated heterocycles. The van der Waals surface area contributed by atoms with Crippen molar-refractivity contribution < 1.29 is 47.4 Å². The number of hydrogen-bond donors (Lipinski definition) is 0. The fraction of sp³-hybridized carbons (Fsp3) is 0.750. The third-order valence-corrected chi connectivity index (χ3v) is 9.55. The van der Waals surface area contributed by atoms with E-state index in [9.17, 15) is 19.2 Å². The predicted molar refractivity (Wildman–Crippen MR) is 160 cm³/mol. The maximum absolute atomic E-state index is 11.9. The summed E-state index contributed by atoms with van der Waals surface area (Å²) >= 11 is 0. The summed E-state index contributed by atoms with van der Waals surface area (Å²) < 4.78 is 35.1. The summed E-state index contributed by atoms with van der Waals surface area (Å²) in [4.78, 5) is 47.6. The van der Waals surface area contributed by atoms with Crippen LogP contribution >= 0.6 is 0 Å². The van der Waals surface area contributed by atoms with Gasteiger partial charge < -0.3 is 28.3 Å². The van der Waals surface area contributed by atoms with Gasteiger partial charge in [0.05, 0.1) is 11.2 Å². The molecule has 0 aromatic carbocycles. The van der Waals surface area contributed by atoms with Crippen LogP contribution < -0.4 is 0 Å². The van der Waals surface area contributed by atoms with Gasteiger partial charge in [-0.05, 0) is 60.3 Å². The molecule has 0 aromatic heterocycles. The third kappa shape index (κ3) is 8.09. The van der Waals surface area contributed by atoms with Crippen LogP contribution in [0.5, 0.6) is 0 Å². The second kappa shape index (κ2) is 13.1. The van der Waals surface area contributed by atoms with Gasteiger partial charge in [-0.1, -0.05) is 29.7 Å². The van der Waals surface area contributed by atoms with Crippen LogP contribution in [0.2, 0.25) is 5.82 Å². The van der Waals surface area contributed by atoms with Crippen molar-refractivity contribution in [3.05, 3.63) is 22.8 Å². The minimum absolute atomic E-state index is 0.0625. The SMILES string of the molecule is C/C=C1\CC(COC(C)=O)(COC(C)=O)C[C@@H]1C1=C([C@@H](C)B2OC(C)(C)C(C)(C)O2)CC(COC(C)=O)(COC(C)=O)C1. The molecule has 0 amide bonds. The minimum atomic E-state index is -0.671. The summed E-state index contributed by atoms with van der Waals surface area (Å²) in [6.45, 7) is 18.0. The largest absolute Gasteiger partial charge is 0.465 e. The first-order valence-electron chi connectivity index (χ1n) is 15.1. The average Bonchev–Trinajstić information content (AvgIpc) is 3.53. The first-order valence-corrected chi connectivity index (χ1v) is 15.1. The molecule has 0 radical (unpaired) electrons. The molecule has 10 nitrogen and oxygen atoms in total. The monoisotopic (exact) mass is 604 g/mol. The van der Waals surface area contributed by atoms with Crippen molar-refractivity contribution in [3.63, 3.8) is 0 Å². The molecular formula is C32H49BO10. The highest BCUT2D eigenvalue weighted by atomic mass is 16.7. The first-order chi connectivity index (χ1) is 19.8. The fourth-order valence-electron chi connectivity index (χ4n) is 6.52. The Kier molecular flexibility index (Phi) is 10.6. The van der Waals surface area contributed by atoms with Gasteiger partial charge >= 0.3 is 31.0 Å². The molecule has 0 spiro atoms. The average molecular weight is 605 g/mol. The first kappa shape index (κ1) is 34.8. The second-order valence-electron chi connectivity index (χ2n) is 13.7. The molecule has 240 valence electrons. The third-order valence-electron chi connectivity index (χ3n) is 9.55. The molecule has 2 aliphatic carbocycles. The van der Waals surface area contributed by atoms with E-state index in [0.717, 1.165) is 16.7 Å². The number of carbonyl (C=O) groups excluding carboxylic acids is 4. The van der Waals surface area contributed by atoms with Gasteiger partial charge in [-0.25, -0.2) is 0 Å². The summed E-state index contributed by atoms with van der Waals surface area (Å²) in [5.74, 6) is -1.84. The van der Waals surface area contributed by atoms with E-state index < -0.39 is 53.0 Å². The molecule has 0 unspecified atom stereocenters. The molecule has 0 bridgehead atoms. The number of carbonyl (C=O) groups is 4. The van der Waals surface area contributed by atoms with Crippen molar-refractivity contribution in [2.24, 2.45) is 16.7 Å². The molecule has 1 heterocycles. The highest BCUT2D eigenvalue weighted by molar-refractivity contribution is 6.48. The van der Waals surface area contributed by atoms with Crippen LogP contribution in [0.4, 0.5) is 0 Å². The van der Waals surface area contributed by atoms with Crippen LogP contribution in [0, 0.1) is 16.7 Å². The summed E-state index contributed by atoms with van der Waals surface area (Å²) in [7, 11) is -0.518. The molecule has 0 N–H and O–H groups in total. The van der Waals surface area contributed by atoms with Gasteiger partial charge in [-0.2, -0.15) is 0 Å².